The van der Waals surface area contributed by atoms with Crippen molar-refractivity contribution in [2.75, 3.05) is 19.6 Å². The number of likely N-dealkylation sites (tertiary alicyclic amines) is 1. The van der Waals surface area contributed by atoms with Crippen LogP contribution in [0, 0.1) is 0 Å². The summed E-state index contributed by atoms with van der Waals surface area (Å²) in [5, 5.41) is 0. The summed E-state index contributed by atoms with van der Waals surface area (Å²) in [5.41, 5.74) is 6.27. The van der Waals surface area contributed by atoms with Crippen molar-refractivity contribution in [1.82, 2.24) is 4.90 Å². The van der Waals surface area contributed by atoms with Crippen LogP contribution in [0.25, 0.3) is 0 Å². The monoisotopic (exact) mass is 226 g/mol. The van der Waals surface area contributed by atoms with Crippen molar-refractivity contribution in [3.8, 4) is 0 Å². The van der Waals surface area contributed by atoms with Gasteiger partial charge in [-0.1, -0.05) is 39.0 Å². The zero-order chi connectivity index (χ0) is 11.9. The molecule has 0 aromatic carbocycles. The number of unbranched alkanes of at least 4 members (excludes halogenated alkanes) is 4. The first-order valence-corrected chi connectivity index (χ1v) is 7.18. The van der Waals surface area contributed by atoms with Gasteiger partial charge in [-0.25, -0.2) is 0 Å². The summed E-state index contributed by atoms with van der Waals surface area (Å²) in [5.74, 6) is 0. The van der Waals surface area contributed by atoms with E-state index in [0.717, 1.165) is 6.54 Å². The molecule has 0 bridgehead atoms. The van der Waals surface area contributed by atoms with E-state index in [0.29, 0.717) is 0 Å². The predicted molar refractivity (Wildman–Crippen MR) is 71.6 cm³/mol. The van der Waals surface area contributed by atoms with Gasteiger partial charge < -0.3 is 5.73 Å². The molecule has 1 atom stereocenters. The molecule has 0 radical (unpaired) electrons. The Morgan fingerprint density at radius 1 is 1.06 bits per heavy atom. The van der Waals surface area contributed by atoms with Crippen molar-refractivity contribution in [2.24, 2.45) is 5.73 Å². The standard InChI is InChI=1S/C14H30N2/c1-3-4-5-6-7-10-14(2,13-15)16-11-8-9-12-16/h3-13,15H2,1-2H3. The molecule has 0 saturated carbocycles. The summed E-state index contributed by atoms with van der Waals surface area (Å²) in [6.45, 7) is 7.98. The molecule has 0 amide bonds. The van der Waals surface area contributed by atoms with Gasteiger partial charge in [0.2, 0.25) is 0 Å². The summed E-state index contributed by atoms with van der Waals surface area (Å²) < 4.78 is 0. The highest BCUT2D eigenvalue weighted by atomic mass is 15.2. The van der Waals surface area contributed by atoms with Crippen molar-refractivity contribution < 1.29 is 0 Å². The Labute approximate surface area is 102 Å². The van der Waals surface area contributed by atoms with E-state index in [-0.39, 0.29) is 5.54 Å². The Kier molecular flexibility index (Phi) is 6.37. The van der Waals surface area contributed by atoms with E-state index in [1.54, 1.807) is 0 Å². The van der Waals surface area contributed by atoms with Gasteiger partial charge in [0.15, 0.2) is 0 Å². The van der Waals surface area contributed by atoms with Crippen LogP contribution in [0.2, 0.25) is 0 Å². The highest BCUT2D eigenvalue weighted by molar-refractivity contribution is 4.89. The molecule has 1 saturated heterocycles. The van der Waals surface area contributed by atoms with Crippen LogP contribution < -0.4 is 5.73 Å². The van der Waals surface area contributed by atoms with E-state index in [4.69, 9.17) is 5.73 Å². The molecule has 1 rings (SSSR count). The average Bonchev–Trinajstić information content (AvgIpc) is 2.82. The minimum absolute atomic E-state index is 0.280. The number of nitrogens with zero attached hydrogens (tertiary/aromatic N) is 1. The fourth-order valence-corrected chi connectivity index (χ4v) is 2.76. The molecule has 96 valence electrons. The minimum atomic E-state index is 0.280. The summed E-state index contributed by atoms with van der Waals surface area (Å²) in [6, 6.07) is 0. The number of hydrogen-bond acceptors (Lipinski definition) is 2. The molecule has 2 nitrogen and oxygen atoms in total. The Balaban J connectivity index is 2.23. The molecule has 1 fully saturated rings. The second-order valence-electron chi connectivity index (χ2n) is 5.56. The molecular weight excluding hydrogens is 196 g/mol. The Morgan fingerprint density at radius 3 is 2.25 bits per heavy atom. The summed E-state index contributed by atoms with van der Waals surface area (Å²) in [6.07, 6.45) is 10.9. The van der Waals surface area contributed by atoms with Crippen LogP contribution in [0.15, 0.2) is 0 Å². The summed E-state index contributed by atoms with van der Waals surface area (Å²) in [4.78, 5) is 2.62. The minimum Gasteiger partial charge on any atom is -0.329 e. The first-order valence-electron chi connectivity index (χ1n) is 7.18. The molecule has 16 heavy (non-hydrogen) atoms. The first-order chi connectivity index (χ1) is 7.73. The molecule has 2 heteroatoms. The number of hydrogen-bond donors (Lipinski definition) is 1. The lowest BCUT2D eigenvalue weighted by Gasteiger charge is -2.38. The molecule has 1 aliphatic rings. The van der Waals surface area contributed by atoms with E-state index < -0.39 is 0 Å². The maximum Gasteiger partial charge on any atom is 0.0303 e. The van der Waals surface area contributed by atoms with Crippen molar-refractivity contribution >= 4 is 0 Å². The zero-order valence-electron chi connectivity index (χ0n) is 11.3. The third kappa shape index (κ3) is 4.06. The van der Waals surface area contributed by atoms with Crippen molar-refractivity contribution in [1.29, 1.82) is 0 Å². The SMILES string of the molecule is CCCCCCCC(C)(CN)N1CCCC1. The average molecular weight is 226 g/mol. The molecule has 0 aromatic heterocycles. The highest BCUT2D eigenvalue weighted by Gasteiger charge is 2.31. The fourth-order valence-electron chi connectivity index (χ4n) is 2.76. The fraction of sp³-hybridized carbons (Fsp3) is 1.00. The van der Waals surface area contributed by atoms with Crippen molar-refractivity contribution in [3.63, 3.8) is 0 Å². The second-order valence-corrected chi connectivity index (χ2v) is 5.56. The summed E-state index contributed by atoms with van der Waals surface area (Å²) >= 11 is 0. The van der Waals surface area contributed by atoms with E-state index in [1.807, 2.05) is 0 Å². The molecule has 1 aliphatic heterocycles. The number of rotatable bonds is 8. The van der Waals surface area contributed by atoms with Gasteiger partial charge in [-0.05, 0) is 39.3 Å². The lowest BCUT2D eigenvalue weighted by molar-refractivity contribution is 0.129. The van der Waals surface area contributed by atoms with Crippen LogP contribution in [0.4, 0.5) is 0 Å². The van der Waals surface area contributed by atoms with Crippen LogP contribution in [0.1, 0.15) is 65.2 Å². The van der Waals surface area contributed by atoms with Crippen LogP contribution >= 0.6 is 0 Å². The first kappa shape index (κ1) is 14.0. The van der Waals surface area contributed by atoms with Gasteiger partial charge in [0, 0.05) is 12.1 Å². The third-order valence-corrected chi connectivity index (χ3v) is 4.13. The van der Waals surface area contributed by atoms with Gasteiger partial charge >= 0.3 is 0 Å². The summed E-state index contributed by atoms with van der Waals surface area (Å²) in [7, 11) is 0. The molecule has 0 aromatic rings. The normalized spacial score (nSPS) is 21.2. The van der Waals surface area contributed by atoms with E-state index in [9.17, 15) is 0 Å². The Bertz CT molecular complexity index is 176. The molecule has 1 heterocycles. The maximum atomic E-state index is 5.99. The number of nitrogens with two attached hydrogens (primary N) is 1. The van der Waals surface area contributed by atoms with Gasteiger partial charge in [-0.2, -0.15) is 0 Å². The Morgan fingerprint density at radius 2 is 1.69 bits per heavy atom. The smallest absolute Gasteiger partial charge is 0.0303 e. The van der Waals surface area contributed by atoms with Crippen LogP contribution in [0.3, 0.4) is 0 Å². The van der Waals surface area contributed by atoms with Crippen LogP contribution in [-0.4, -0.2) is 30.1 Å². The largest absolute Gasteiger partial charge is 0.329 e. The topological polar surface area (TPSA) is 29.3 Å². The molecule has 0 aliphatic carbocycles. The quantitative estimate of drug-likeness (QED) is 0.644. The maximum absolute atomic E-state index is 5.99. The van der Waals surface area contributed by atoms with Crippen molar-refractivity contribution in [3.05, 3.63) is 0 Å². The molecule has 2 N–H and O–H groups in total. The van der Waals surface area contributed by atoms with Gasteiger partial charge in [0.25, 0.3) is 0 Å². The van der Waals surface area contributed by atoms with Gasteiger partial charge in [-0.15, -0.1) is 0 Å². The van der Waals surface area contributed by atoms with E-state index in [1.165, 1.54) is 64.5 Å². The van der Waals surface area contributed by atoms with Crippen LogP contribution in [-0.2, 0) is 0 Å². The lowest BCUT2D eigenvalue weighted by Crippen LogP contribution is -2.50. The highest BCUT2D eigenvalue weighted by Crippen LogP contribution is 2.26. The second kappa shape index (κ2) is 7.29. The molecular formula is C14H30N2. The van der Waals surface area contributed by atoms with Crippen LogP contribution in [0.5, 0.6) is 0 Å². The third-order valence-electron chi connectivity index (χ3n) is 4.13. The molecule has 1 unspecified atom stereocenters. The van der Waals surface area contributed by atoms with Gasteiger partial charge in [0.1, 0.15) is 0 Å². The van der Waals surface area contributed by atoms with E-state index in [2.05, 4.69) is 18.7 Å². The van der Waals surface area contributed by atoms with Gasteiger partial charge in [0.05, 0.1) is 0 Å². The van der Waals surface area contributed by atoms with E-state index >= 15 is 0 Å². The van der Waals surface area contributed by atoms with Crippen molar-refractivity contribution in [2.45, 2.75) is 70.8 Å². The Hall–Kier alpha value is -0.0800. The van der Waals surface area contributed by atoms with Gasteiger partial charge in [-0.3, -0.25) is 4.90 Å². The predicted octanol–water partition coefficient (Wildman–Crippen LogP) is 3.16. The lowest BCUT2D eigenvalue weighted by atomic mass is 9.92. The zero-order valence-corrected chi connectivity index (χ0v) is 11.3. The molecule has 0 spiro atoms.